The van der Waals surface area contributed by atoms with Crippen molar-refractivity contribution in [3.05, 3.63) is 41.7 Å². The molecule has 0 spiro atoms. The second kappa shape index (κ2) is 6.77. The first-order valence-electron chi connectivity index (χ1n) is 7.31. The van der Waals surface area contributed by atoms with Gasteiger partial charge in [-0.3, -0.25) is 0 Å². The third-order valence-electron chi connectivity index (χ3n) is 3.75. The van der Waals surface area contributed by atoms with Gasteiger partial charge in [0.25, 0.3) is 0 Å². The Kier molecular flexibility index (Phi) is 4.74. The van der Waals surface area contributed by atoms with Gasteiger partial charge in [-0.1, -0.05) is 41.8 Å². The maximum atomic E-state index is 11.6. The fourth-order valence-electron chi connectivity index (χ4n) is 2.57. The number of aromatic nitrogens is 3. The van der Waals surface area contributed by atoms with Crippen LogP contribution in [0.1, 0.15) is 23.7 Å². The molecule has 1 fully saturated rings. The molecule has 1 aromatic carbocycles. The first kappa shape index (κ1) is 16.1. The Bertz CT molecular complexity index is 848. The maximum absolute atomic E-state index is 11.6. The average molecular weight is 347 g/mol. The molecule has 0 N–H and O–H groups in total. The second-order valence-corrected chi connectivity index (χ2v) is 8.63. The lowest BCUT2D eigenvalue weighted by Crippen LogP contribution is -2.09. The van der Waals surface area contributed by atoms with E-state index in [1.54, 1.807) is 0 Å². The standard InChI is InChI=1S/C16H17N3O2S2/c1-19-15(14-9-11-23(20,21)12-14)17-18-16(19)22-10-5-8-13-6-3-2-4-7-13/h2-4,6-7,14H,9-12H2,1H3. The van der Waals surface area contributed by atoms with E-state index in [2.05, 4.69) is 22.0 Å². The molecule has 23 heavy (non-hydrogen) atoms. The summed E-state index contributed by atoms with van der Waals surface area (Å²) in [6, 6.07) is 9.82. The van der Waals surface area contributed by atoms with Crippen molar-refractivity contribution >= 4 is 21.6 Å². The highest BCUT2D eigenvalue weighted by Crippen LogP contribution is 2.29. The summed E-state index contributed by atoms with van der Waals surface area (Å²) < 4.78 is 25.1. The van der Waals surface area contributed by atoms with Crippen LogP contribution in [0, 0.1) is 11.8 Å². The minimum Gasteiger partial charge on any atom is -0.309 e. The van der Waals surface area contributed by atoms with E-state index in [0.29, 0.717) is 12.2 Å². The molecule has 2 heterocycles. The molecule has 0 saturated carbocycles. The Labute approximate surface area is 140 Å². The van der Waals surface area contributed by atoms with Crippen LogP contribution < -0.4 is 0 Å². The minimum absolute atomic E-state index is 0.0396. The summed E-state index contributed by atoms with van der Waals surface area (Å²) in [4.78, 5) is 0. The molecular formula is C16H17N3O2S2. The number of rotatable bonds is 3. The molecule has 120 valence electrons. The number of benzene rings is 1. The van der Waals surface area contributed by atoms with Gasteiger partial charge in [0, 0.05) is 18.5 Å². The molecule has 5 nitrogen and oxygen atoms in total. The molecule has 1 aromatic heterocycles. The van der Waals surface area contributed by atoms with Crippen LogP contribution >= 0.6 is 11.8 Å². The zero-order chi connectivity index (χ0) is 16.3. The monoisotopic (exact) mass is 347 g/mol. The number of sulfone groups is 1. The van der Waals surface area contributed by atoms with Crippen LogP contribution in [0.15, 0.2) is 35.5 Å². The average Bonchev–Trinajstić information content (AvgIpc) is 3.07. The first-order chi connectivity index (χ1) is 11.1. The summed E-state index contributed by atoms with van der Waals surface area (Å²) >= 11 is 1.51. The van der Waals surface area contributed by atoms with Crippen molar-refractivity contribution in [2.75, 3.05) is 17.3 Å². The quantitative estimate of drug-likeness (QED) is 0.626. The van der Waals surface area contributed by atoms with Gasteiger partial charge in [0.2, 0.25) is 0 Å². The number of hydrogen-bond donors (Lipinski definition) is 0. The third-order valence-corrected chi connectivity index (χ3v) is 6.42. The lowest BCUT2D eigenvalue weighted by Gasteiger charge is -2.07. The maximum Gasteiger partial charge on any atom is 0.191 e. The molecule has 0 radical (unpaired) electrons. The molecule has 1 aliphatic heterocycles. The summed E-state index contributed by atoms with van der Waals surface area (Å²) in [5.74, 6) is 7.96. The zero-order valence-electron chi connectivity index (χ0n) is 12.8. The van der Waals surface area contributed by atoms with Gasteiger partial charge >= 0.3 is 0 Å². The van der Waals surface area contributed by atoms with E-state index in [0.717, 1.165) is 16.5 Å². The highest BCUT2D eigenvalue weighted by Gasteiger charge is 2.32. The second-order valence-electron chi connectivity index (χ2n) is 5.46. The Morgan fingerprint density at radius 3 is 2.78 bits per heavy atom. The summed E-state index contributed by atoms with van der Waals surface area (Å²) in [6.07, 6.45) is 0.632. The van der Waals surface area contributed by atoms with Crippen molar-refractivity contribution in [1.29, 1.82) is 0 Å². The van der Waals surface area contributed by atoms with Gasteiger partial charge in [-0.05, 0) is 18.6 Å². The third kappa shape index (κ3) is 3.95. The first-order valence-corrected chi connectivity index (χ1v) is 10.1. The van der Waals surface area contributed by atoms with Gasteiger partial charge in [-0.25, -0.2) is 8.42 Å². The molecule has 1 aliphatic rings. The van der Waals surface area contributed by atoms with Gasteiger partial charge in [-0.15, -0.1) is 10.2 Å². The van der Waals surface area contributed by atoms with Crippen LogP contribution in [0.2, 0.25) is 0 Å². The van der Waals surface area contributed by atoms with Crippen molar-refractivity contribution in [3.8, 4) is 11.8 Å². The van der Waals surface area contributed by atoms with E-state index in [1.165, 1.54) is 11.8 Å². The van der Waals surface area contributed by atoms with Crippen LogP contribution in [0.3, 0.4) is 0 Å². The molecule has 7 heteroatoms. The Hall–Kier alpha value is -1.78. The lowest BCUT2D eigenvalue weighted by molar-refractivity contribution is 0.599. The van der Waals surface area contributed by atoms with Gasteiger partial charge in [0.05, 0.1) is 17.3 Å². The molecule has 0 aliphatic carbocycles. The van der Waals surface area contributed by atoms with E-state index in [4.69, 9.17) is 0 Å². The summed E-state index contributed by atoms with van der Waals surface area (Å²) in [5.41, 5.74) is 0.989. The Morgan fingerprint density at radius 2 is 2.09 bits per heavy atom. The van der Waals surface area contributed by atoms with E-state index in [-0.39, 0.29) is 17.4 Å². The molecule has 1 saturated heterocycles. The van der Waals surface area contributed by atoms with Gasteiger partial charge in [-0.2, -0.15) is 0 Å². The number of nitrogens with zero attached hydrogens (tertiary/aromatic N) is 3. The fourth-order valence-corrected chi connectivity index (χ4v) is 4.96. The highest BCUT2D eigenvalue weighted by atomic mass is 32.2. The molecule has 1 atom stereocenters. The summed E-state index contributed by atoms with van der Waals surface area (Å²) in [6.45, 7) is 0. The normalized spacial score (nSPS) is 19.3. The number of hydrogen-bond acceptors (Lipinski definition) is 5. The molecule has 2 aromatic rings. The molecule has 0 bridgehead atoms. The van der Waals surface area contributed by atoms with Crippen molar-refractivity contribution < 1.29 is 8.42 Å². The largest absolute Gasteiger partial charge is 0.309 e. The SMILES string of the molecule is Cn1c(SCC#Cc2ccccc2)nnc1C1CCS(=O)(=O)C1. The van der Waals surface area contributed by atoms with Crippen molar-refractivity contribution in [3.63, 3.8) is 0 Å². The topological polar surface area (TPSA) is 64.8 Å². The molecule has 1 unspecified atom stereocenters. The van der Waals surface area contributed by atoms with Gasteiger partial charge in [0.15, 0.2) is 15.0 Å². The van der Waals surface area contributed by atoms with Gasteiger partial charge in [0.1, 0.15) is 5.82 Å². The van der Waals surface area contributed by atoms with Crippen LogP contribution in [0.5, 0.6) is 0 Å². The summed E-state index contributed by atoms with van der Waals surface area (Å²) in [7, 11) is -1.03. The van der Waals surface area contributed by atoms with Crippen molar-refractivity contribution in [1.82, 2.24) is 14.8 Å². The van der Waals surface area contributed by atoms with E-state index >= 15 is 0 Å². The Balaban J connectivity index is 1.63. The smallest absolute Gasteiger partial charge is 0.191 e. The molecule has 0 amide bonds. The number of thioether (sulfide) groups is 1. The predicted octanol–water partition coefficient (Wildman–Crippen LogP) is 1.86. The van der Waals surface area contributed by atoms with Crippen LogP contribution in [-0.4, -0.2) is 40.4 Å². The van der Waals surface area contributed by atoms with Crippen molar-refractivity contribution in [2.24, 2.45) is 7.05 Å². The minimum atomic E-state index is -2.91. The fraction of sp³-hybridized carbons (Fsp3) is 0.375. The predicted molar refractivity (Wildman–Crippen MR) is 91.1 cm³/mol. The van der Waals surface area contributed by atoms with E-state index in [1.807, 2.05) is 41.9 Å². The van der Waals surface area contributed by atoms with Crippen LogP contribution in [-0.2, 0) is 16.9 Å². The van der Waals surface area contributed by atoms with Crippen LogP contribution in [0.25, 0.3) is 0 Å². The van der Waals surface area contributed by atoms with E-state index < -0.39 is 9.84 Å². The zero-order valence-corrected chi connectivity index (χ0v) is 14.4. The lowest BCUT2D eigenvalue weighted by atomic mass is 10.1. The van der Waals surface area contributed by atoms with E-state index in [9.17, 15) is 8.42 Å². The van der Waals surface area contributed by atoms with Crippen molar-refractivity contribution in [2.45, 2.75) is 17.5 Å². The highest BCUT2D eigenvalue weighted by molar-refractivity contribution is 7.99. The molecular weight excluding hydrogens is 330 g/mol. The molecule has 3 rings (SSSR count). The van der Waals surface area contributed by atoms with Crippen LogP contribution in [0.4, 0.5) is 0 Å². The summed E-state index contributed by atoms with van der Waals surface area (Å²) in [5, 5.41) is 9.12. The Morgan fingerprint density at radius 1 is 1.30 bits per heavy atom. The van der Waals surface area contributed by atoms with Gasteiger partial charge < -0.3 is 4.57 Å².